The molecule has 0 aliphatic heterocycles. The summed E-state index contributed by atoms with van der Waals surface area (Å²) in [5.74, 6) is 0. The summed E-state index contributed by atoms with van der Waals surface area (Å²) in [5.41, 5.74) is 12.8. The van der Waals surface area contributed by atoms with Crippen LogP contribution < -0.4 is 0 Å². The molecule has 14 rings (SSSR count). The van der Waals surface area contributed by atoms with E-state index in [0.29, 0.717) is 0 Å². The van der Waals surface area contributed by atoms with Gasteiger partial charge in [-0.1, -0.05) is 176 Å². The molecule has 12 aromatic carbocycles. The molecule has 0 N–H and O–H groups in total. The second-order valence-corrected chi connectivity index (χ2v) is 16.8. The van der Waals surface area contributed by atoms with Crippen molar-refractivity contribution in [3.63, 3.8) is 0 Å². The van der Waals surface area contributed by atoms with Crippen LogP contribution in [0.2, 0.25) is 0 Å². The highest BCUT2D eigenvalue weighted by atomic mass is 16.3. The third-order valence-corrected chi connectivity index (χ3v) is 13.5. The van der Waals surface area contributed by atoms with Crippen LogP contribution in [-0.4, -0.2) is 0 Å². The summed E-state index contributed by atoms with van der Waals surface area (Å²) in [5, 5.41) is 16.4. The number of para-hydroxylation sites is 1. The van der Waals surface area contributed by atoms with Crippen molar-refractivity contribution in [3.05, 3.63) is 218 Å². The Balaban J connectivity index is 1.03. The highest BCUT2D eigenvalue weighted by Gasteiger charge is 2.24. The zero-order valence-electron chi connectivity index (χ0n) is 34.4. The number of benzene rings is 11. The molecule has 0 fully saturated rings. The van der Waals surface area contributed by atoms with Gasteiger partial charge in [-0.25, -0.2) is 0 Å². The number of rotatable bonds is 4. The maximum atomic E-state index is 7.13. The van der Waals surface area contributed by atoms with E-state index in [0.717, 1.165) is 66.1 Å². The average molecular weight is 811 g/mol. The smallest absolute Gasteiger partial charge is 0.143 e. The highest BCUT2D eigenvalue weighted by Crippen LogP contribution is 2.50. The first kappa shape index (κ1) is 35.0. The molecule has 2 aromatic heterocycles. The van der Waals surface area contributed by atoms with E-state index in [4.69, 9.17) is 8.83 Å². The van der Waals surface area contributed by atoms with Crippen LogP contribution >= 0.6 is 0 Å². The van der Waals surface area contributed by atoms with Gasteiger partial charge in [0.15, 0.2) is 0 Å². The molecule has 0 radical (unpaired) electrons. The second kappa shape index (κ2) is 13.4. The van der Waals surface area contributed by atoms with Gasteiger partial charge in [-0.2, -0.15) is 0 Å². The lowest BCUT2D eigenvalue weighted by Crippen LogP contribution is -1.91. The van der Waals surface area contributed by atoms with E-state index in [1.54, 1.807) is 0 Å². The summed E-state index contributed by atoms with van der Waals surface area (Å²) in [6.07, 6.45) is 0. The molecule has 0 atom stereocenters. The van der Waals surface area contributed by atoms with Gasteiger partial charge in [0.2, 0.25) is 0 Å². The zero-order chi connectivity index (χ0) is 41.9. The third kappa shape index (κ3) is 4.92. The maximum Gasteiger partial charge on any atom is 0.143 e. The van der Waals surface area contributed by atoms with Gasteiger partial charge in [-0.3, -0.25) is 0 Å². The fourth-order valence-corrected chi connectivity index (χ4v) is 10.9. The molecule has 0 saturated heterocycles. The van der Waals surface area contributed by atoms with Gasteiger partial charge < -0.3 is 8.83 Å². The normalized spacial score (nSPS) is 11.9. The van der Waals surface area contributed by atoms with Gasteiger partial charge in [0, 0.05) is 32.7 Å². The molecule has 0 saturated carbocycles. The third-order valence-electron chi connectivity index (χ3n) is 13.5. The van der Waals surface area contributed by atoms with E-state index in [-0.39, 0.29) is 0 Å². The molecule has 64 heavy (non-hydrogen) atoms. The van der Waals surface area contributed by atoms with Gasteiger partial charge in [0.05, 0.1) is 0 Å². The fourth-order valence-electron chi connectivity index (χ4n) is 10.9. The van der Waals surface area contributed by atoms with E-state index in [9.17, 15) is 0 Å². The quantitative estimate of drug-likeness (QED) is 0.166. The van der Waals surface area contributed by atoms with Crippen LogP contribution in [0.5, 0.6) is 0 Å². The Kier molecular flexibility index (Phi) is 7.35. The number of hydrogen-bond donors (Lipinski definition) is 0. The van der Waals surface area contributed by atoms with Crippen LogP contribution in [-0.2, 0) is 0 Å². The van der Waals surface area contributed by atoms with Gasteiger partial charge in [-0.15, -0.1) is 0 Å². The molecule has 0 spiro atoms. The van der Waals surface area contributed by atoms with Crippen LogP contribution in [0.25, 0.3) is 142 Å². The predicted molar refractivity (Wildman–Crippen MR) is 268 cm³/mol. The van der Waals surface area contributed by atoms with Crippen molar-refractivity contribution in [2.24, 2.45) is 0 Å². The molecule has 0 amide bonds. The Morgan fingerprint density at radius 1 is 0.297 bits per heavy atom. The summed E-state index contributed by atoms with van der Waals surface area (Å²) >= 11 is 0. The van der Waals surface area contributed by atoms with Crippen molar-refractivity contribution in [1.82, 2.24) is 0 Å². The molecule has 294 valence electrons. The average Bonchev–Trinajstić information content (AvgIpc) is 3.94. The van der Waals surface area contributed by atoms with Crippen molar-refractivity contribution in [1.29, 1.82) is 0 Å². The Morgan fingerprint density at radius 2 is 0.812 bits per heavy atom. The molecule has 2 nitrogen and oxygen atoms in total. The van der Waals surface area contributed by atoms with Crippen molar-refractivity contribution < 1.29 is 8.83 Å². The molecule has 0 unspecified atom stereocenters. The Morgan fingerprint density at radius 3 is 1.45 bits per heavy atom. The molecular weight excluding hydrogens is 777 g/mol. The first-order valence-electron chi connectivity index (χ1n) is 21.8. The molecule has 2 heteroatoms. The molecule has 14 aromatic rings. The van der Waals surface area contributed by atoms with Gasteiger partial charge >= 0.3 is 0 Å². The minimum absolute atomic E-state index is 0.865. The SMILES string of the molecule is c1ccc(-c2c3ccccc3c(-c3cccc4oc5c(-c6c7ccccc7c(-c7ccc8oc9ccc%10ccccc%10c9c8c7)c7ccccc67)cccc5c34)c3ccccc23)cc#1. The Labute approximate surface area is 367 Å². The molecular formula is C62H34O2. The largest absolute Gasteiger partial charge is 0.456 e. The Hall–Kier alpha value is -8.64. The summed E-state index contributed by atoms with van der Waals surface area (Å²) in [6, 6.07) is 80.5. The topological polar surface area (TPSA) is 26.3 Å². The van der Waals surface area contributed by atoms with Crippen molar-refractivity contribution >= 4 is 97.7 Å². The number of fused-ring (bicyclic) bond motifs is 12. The van der Waals surface area contributed by atoms with Crippen LogP contribution in [0.4, 0.5) is 0 Å². The summed E-state index contributed by atoms with van der Waals surface area (Å²) in [4.78, 5) is 0. The molecule has 0 aliphatic rings. The monoisotopic (exact) mass is 810 g/mol. The van der Waals surface area contributed by atoms with Gasteiger partial charge in [0.25, 0.3) is 0 Å². The van der Waals surface area contributed by atoms with E-state index >= 15 is 0 Å². The fraction of sp³-hybridized carbons (Fsp3) is 0. The molecule has 2 heterocycles. The number of furan rings is 2. The van der Waals surface area contributed by atoms with Gasteiger partial charge in [-0.05, 0) is 130 Å². The van der Waals surface area contributed by atoms with Crippen LogP contribution in [0.3, 0.4) is 0 Å². The van der Waals surface area contributed by atoms with Crippen LogP contribution in [0.1, 0.15) is 0 Å². The van der Waals surface area contributed by atoms with Crippen molar-refractivity contribution in [2.75, 3.05) is 0 Å². The van der Waals surface area contributed by atoms with Crippen LogP contribution in [0, 0.1) is 12.1 Å². The van der Waals surface area contributed by atoms with E-state index in [1.165, 1.54) is 76.1 Å². The minimum Gasteiger partial charge on any atom is -0.456 e. The standard InChI is InChI=1S/C62H34O2/c1-2-17-38(18-3-1)56-41-20-6-10-24-45(41)58(46-25-11-7-21-42(46)56)49-28-15-31-54-61(49)51-30-14-29-50(62(51)64-54)59-47-26-12-8-22-43(47)57(44-23-9-13-27-48(44)59)39-33-34-53-52(36-39)60-40-19-5-4-16-37(40)32-35-55(60)63-53/h2,4-36H. The van der Waals surface area contributed by atoms with E-state index < -0.39 is 0 Å². The van der Waals surface area contributed by atoms with Gasteiger partial charge in [0.1, 0.15) is 22.3 Å². The lowest BCUT2D eigenvalue weighted by molar-refractivity contribution is 0.669. The van der Waals surface area contributed by atoms with Crippen molar-refractivity contribution in [3.8, 4) is 44.5 Å². The van der Waals surface area contributed by atoms with E-state index in [2.05, 4.69) is 206 Å². The number of hydrogen-bond acceptors (Lipinski definition) is 2. The van der Waals surface area contributed by atoms with Crippen LogP contribution in [0.15, 0.2) is 215 Å². The lowest BCUT2D eigenvalue weighted by atomic mass is 9.84. The first-order valence-corrected chi connectivity index (χ1v) is 21.8. The highest BCUT2D eigenvalue weighted by molar-refractivity contribution is 6.29. The summed E-state index contributed by atoms with van der Waals surface area (Å²) in [6.45, 7) is 0. The molecule has 0 bridgehead atoms. The summed E-state index contributed by atoms with van der Waals surface area (Å²) in [7, 11) is 0. The predicted octanol–water partition coefficient (Wildman–Crippen LogP) is 17.5. The lowest BCUT2D eigenvalue weighted by Gasteiger charge is -2.18. The maximum absolute atomic E-state index is 7.13. The van der Waals surface area contributed by atoms with E-state index in [1.807, 2.05) is 12.1 Å². The van der Waals surface area contributed by atoms with Crippen molar-refractivity contribution in [2.45, 2.75) is 0 Å². The minimum atomic E-state index is 0.865. The Bertz CT molecular complexity index is 4130. The second-order valence-electron chi connectivity index (χ2n) is 16.8. The first-order chi connectivity index (χ1) is 31.8. The zero-order valence-corrected chi connectivity index (χ0v) is 34.4. The molecule has 0 aliphatic carbocycles. The summed E-state index contributed by atoms with van der Waals surface area (Å²) < 4.78 is 13.6.